The van der Waals surface area contributed by atoms with Crippen LogP contribution in [0.5, 0.6) is 11.5 Å². The van der Waals surface area contributed by atoms with Gasteiger partial charge in [-0.25, -0.2) is 4.98 Å². The molecular formula is C27H33F3N4O3. The molecule has 1 saturated carbocycles. The van der Waals surface area contributed by atoms with Crippen LogP contribution >= 0.6 is 0 Å². The normalized spacial score (nSPS) is 19.5. The number of halogens is 3. The molecule has 0 aliphatic heterocycles. The first kappa shape index (κ1) is 26.6. The highest BCUT2D eigenvalue weighted by Gasteiger charge is 2.35. The van der Waals surface area contributed by atoms with E-state index in [1.807, 2.05) is 12.1 Å². The lowest BCUT2D eigenvalue weighted by molar-refractivity contribution is -0.274. The Labute approximate surface area is 214 Å². The van der Waals surface area contributed by atoms with Crippen LogP contribution in [0, 0.1) is 11.3 Å². The third kappa shape index (κ3) is 6.67. The zero-order chi connectivity index (χ0) is 27.0. The largest absolute Gasteiger partial charge is 0.573 e. The molecule has 1 amide bonds. The Morgan fingerprint density at radius 2 is 1.81 bits per heavy atom. The van der Waals surface area contributed by atoms with Gasteiger partial charge in [-0.15, -0.1) is 13.2 Å². The van der Waals surface area contributed by atoms with Crippen LogP contribution in [0.25, 0.3) is 11.0 Å². The van der Waals surface area contributed by atoms with Crippen LogP contribution in [0.2, 0.25) is 0 Å². The van der Waals surface area contributed by atoms with Gasteiger partial charge in [0.15, 0.2) is 6.61 Å². The number of hydrogen-bond acceptors (Lipinski definition) is 5. The van der Waals surface area contributed by atoms with E-state index in [9.17, 15) is 18.0 Å². The molecule has 200 valence electrons. The molecular weight excluding hydrogens is 485 g/mol. The first-order valence-electron chi connectivity index (χ1n) is 12.3. The number of benzene rings is 2. The summed E-state index contributed by atoms with van der Waals surface area (Å²) < 4.78 is 49.5. The molecule has 3 aromatic rings. The zero-order valence-electron chi connectivity index (χ0n) is 21.7. The first-order valence-corrected chi connectivity index (χ1v) is 12.3. The molecule has 4 rings (SSSR count). The van der Waals surface area contributed by atoms with Crippen LogP contribution in [-0.2, 0) is 4.79 Å². The topological polar surface area (TPSA) is 68.6 Å². The average molecular weight is 519 g/mol. The van der Waals surface area contributed by atoms with Crippen molar-refractivity contribution in [3.8, 4) is 11.5 Å². The number of aromatic nitrogens is 2. The monoisotopic (exact) mass is 518 g/mol. The molecule has 0 bridgehead atoms. The first-order chi connectivity index (χ1) is 17.3. The fourth-order valence-electron chi connectivity index (χ4n) is 5.26. The standard InChI is InChI=1S/C27H33F3N4O3/c1-17-12-19(15-26(2,3)14-17)34-23-11-10-21(36-16-24(35)33(4)5)13-22(23)32-25(34)31-18-6-8-20(9-7-18)37-27(28,29)30/h6-11,13,17,19H,12,14-16H2,1-5H3,(H,31,32). The average Bonchev–Trinajstić information content (AvgIpc) is 3.13. The van der Waals surface area contributed by atoms with Gasteiger partial charge in [-0.3, -0.25) is 4.79 Å². The summed E-state index contributed by atoms with van der Waals surface area (Å²) in [6.07, 6.45) is -1.66. The smallest absolute Gasteiger partial charge is 0.484 e. The van der Waals surface area contributed by atoms with Crippen LogP contribution in [0.15, 0.2) is 42.5 Å². The van der Waals surface area contributed by atoms with Gasteiger partial charge in [0, 0.05) is 31.9 Å². The number of carbonyl (C=O) groups is 1. The molecule has 0 spiro atoms. The van der Waals surface area contributed by atoms with Crippen molar-refractivity contribution in [2.24, 2.45) is 11.3 Å². The second-order valence-electron chi connectivity index (χ2n) is 10.8. The summed E-state index contributed by atoms with van der Waals surface area (Å²) >= 11 is 0. The fourth-order valence-corrected chi connectivity index (χ4v) is 5.26. The molecule has 1 aliphatic rings. The quantitative estimate of drug-likeness (QED) is 0.385. The Bertz CT molecular complexity index is 1250. The minimum Gasteiger partial charge on any atom is -0.484 e. The van der Waals surface area contributed by atoms with E-state index in [4.69, 9.17) is 9.72 Å². The summed E-state index contributed by atoms with van der Waals surface area (Å²) in [7, 11) is 3.34. The number of fused-ring (bicyclic) bond motifs is 1. The minimum atomic E-state index is -4.75. The number of rotatable bonds is 7. The highest BCUT2D eigenvalue weighted by Crippen LogP contribution is 2.46. The van der Waals surface area contributed by atoms with E-state index >= 15 is 0 Å². The van der Waals surface area contributed by atoms with Crippen molar-refractivity contribution in [2.45, 2.75) is 52.4 Å². The lowest BCUT2D eigenvalue weighted by Gasteiger charge is -2.40. The number of nitrogens with one attached hydrogen (secondary N) is 1. The number of amides is 1. The Kier molecular flexibility index (Phi) is 7.30. The van der Waals surface area contributed by atoms with Gasteiger partial charge >= 0.3 is 6.36 Å². The number of likely N-dealkylation sites (N-methyl/N-ethyl adjacent to an activating group) is 1. The second kappa shape index (κ2) is 10.1. The lowest BCUT2D eigenvalue weighted by atomic mass is 9.70. The summed E-state index contributed by atoms with van der Waals surface area (Å²) in [6, 6.07) is 11.3. The highest BCUT2D eigenvalue weighted by atomic mass is 19.4. The molecule has 1 aliphatic carbocycles. The molecule has 2 aromatic carbocycles. The van der Waals surface area contributed by atoms with Crippen LogP contribution in [0.4, 0.5) is 24.8 Å². The number of alkyl halides is 3. The summed E-state index contributed by atoms with van der Waals surface area (Å²) in [5.74, 6) is 1.21. The van der Waals surface area contributed by atoms with Gasteiger partial charge in [0.2, 0.25) is 5.95 Å². The van der Waals surface area contributed by atoms with Gasteiger partial charge in [-0.1, -0.05) is 20.8 Å². The summed E-state index contributed by atoms with van der Waals surface area (Å²) in [5, 5.41) is 3.29. The number of imidazole rings is 1. The summed E-state index contributed by atoms with van der Waals surface area (Å²) in [6.45, 7) is 6.72. The molecule has 2 unspecified atom stereocenters. The van der Waals surface area contributed by atoms with Gasteiger partial charge in [0.1, 0.15) is 11.5 Å². The summed E-state index contributed by atoms with van der Waals surface area (Å²) in [4.78, 5) is 18.2. The second-order valence-corrected chi connectivity index (χ2v) is 10.8. The molecule has 1 aromatic heterocycles. The van der Waals surface area contributed by atoms with Gasteiger partial charge in [-0.05, 0) is 67.0 Å². The van der Waals surface area contributed by atoms with Gasteiger partial charge < -0.3 is 24.3 Å². The molecule has 1 heterocycles. The van der Waals surface area contributed by atoms with E-state index in [2.05, 4.69) is 35.4 Å². The third-order valence-electron chi connectivity index (χ3n) is 6.59. The van der Waals surface area contributed by atoms with Crippen LogP contribution < -0.4 is 14.8 Å². The van der Waals surface area contributed by atoms with Crippen LogP contribution in [-0.4, -0.2) is 47.4 Å². The van der Waals surface area contributed by atoms with Crippen molar-refractivity contribution < 1.29 is 27.4 Å². The third-order valence-corrected chi connectivity index (χ3v) is 6.59. The SMILES string of the molecule is CC1CC(n2c(Nc3ccc(OC(F)(F)F)cc3)nc3cc(OCC(=O)N(C)C)ccc32)CC(C)(C)C1. The van der Waals surface area contributed by atoms with Crippen molar-refractivity contribution in [1.82, 2.24) is 14.5 Å². The number of hydrogen-bond donors (Lipinski definition) is 1. The Morgan fingerprint density at radius 3 is 2.43 bits per heavy atom. The molecule has 1 fully saturated rings. The summed E-state index contributed by atoms with van der Waals surface area (Å²) in [5.41, 5.74) is 2.36. The number of nitrogens with zero attached hydrogens (tertiary/aromatic N) is 3. The Hall–Kier alpha value is -3.43. The van der Waals surface area contributed by atoms with Crippen molar-refractivity contribution >= 4 is 28.6 Å². The maximum atomic E-state index is 12.5. The minimum absolute atomic E-state index is 0.0784. The predicted molar refractivity (Wildman–Crippen MR) is 136 cm³/mol. The van der Waals surface area contributed by atoms with Crippen LogP contribution in [0.1, 0.15) is 46.1 Å². The van der Waals surface area contributed by atoms with Gasteiger partial charge in [0.05, 0.1) is 11.0 Å². The molecule has 0 radical (unpaired) electrons. The Morgan fingerprint density at radius 1 is 1.14 bits per heavy atom. The van der Waals surface area contributed by atoms with E-state index in [0.29, 0.717) is 28.8 Å². The fraction of sp³-hybridized carbons (Fsp3) is 0.481. The van der Waals surface area contributed by atoms with E-state index in [1.54, 1.807) is 20.2 Å². The van der Waals surface area contributed by atoms with Gasteiger partial charge in [-0.2, -0.15) is 0 Å². The lowest BCUT2D eigenvalue weighted by Crippen LogP contribution is -2.29. The zero-order valence-corrected chi connectivity index (χ0v) is 21.7. The molecule has 10 heteroatoms. The van der Waals surface area contributed by atoms with Crippen molar-refractivity contribution in [3.63, 3.8) is 0 Å². The van der Waals surface area contributed by atoms with E-state index < -0.39 is 6.36 Å². The number of carbonyl (C=O) groups excluding carboxylic acids is 1. The maximum Gasteiger partial charge on any atom is 0.573 e. The molecule has 1 N–H and O–H groups in total. The highest BCUT2D eigenvalue weighted by molar-refractivity contribution is 5.82. The Balaban J connectivity index is 1.68. The molecule has 37 heavy (non-hydrogen) atoms. The van der Waals surface area contributed by atoms with Crippen molar-refractivity contribution in [1.29, 1.82) is 0 Å². The number of anilines is 2. The van der Waals surface area contributed by atoms with Crippen LogP contribution in [0.3, 0.4) is 0 Å². The molecule has 2 atom stereocenters. The van der Waals surface area contributed by atoms with E-state index in [0.717, 1.165) is 24.8 Å². The molecule has 0 saturated heterocycles. The van der Waals surface area contributed by atoms with E-state index in [1.165, 1.54) is 29.2 Å². The van der Waals surface area contributed by atoms with E-state index in [-0.39, 0.29) is 29.7 Å². The molecule has 7 nitrogen and oxygen atoms in total. The predicted octanol–water partition coefficient (Wildman–Crippen LogP) is 6.53. The maximum absolute atomic E-state index is 12.5. The van der Waals surface area contributed by atoms with Crippen molar-refractivity contribution in [2.75, 3.05) is 26.0 Å². The van der Waals surface area contributed by atoms with Gasteiger partial charge in [0.25, 0.3) is 5.91 Å². The van der Waals surface area contributed by atoms with Crippen molar-refractivity contribution in [3.05, 3.63) is 42.5 Å². The number of ether oxygens (including phenoxy) is 2.